The second kappa shape index (κ2) is 6.98. The Morgan fingerprint density at radius 3 is 2.65 bits per heavy atom. The average Bonchev–Trinajstić information content (AvgIpc) is 2.47. The fourth-order valence-corrected chi connectivity index (χ4v) is 2.00. The van der Waals surface area contributed by atoms with Crippen molar-refractivity contribution in [2.45, 2.75) is 13.0 Å². The van der Waals surface area contributed by atoms with Crippen LogP contribution in [0.15, 0.2) is 42.6 Å². The Morgan fingerprint density at radius 1 is 1.25 bits per heavy atom. The van der Waals surface area contributed by atoms with E-state index in [1.807, 2.05) is 36.4 Å². The van der Waals surface area contributed by atoms with Gasteiger partial charge in [-0.05, 0) is 30.2 Å². The summed E-state index contributed by atoms with van der Waals surface area (Å²) in [6, 6.07) is 11.3. The number of aliphatic hydroxyl groups excluding tert-OH is 1. The largest absolute Gasteiger partial charge is 0.489 e. The van der Waals surface area contributed by atoms with Gasteiger partial charge >= 0.3 is 0 Å². The number of nitrogens with zero attached hydrogens (tertiary/aromatic N) is 1. The van der Waals surface area contributed by atoms with Crippen LogP contribution in [-0.4, -0.2) is 21.7 Å². The summed E-state index contributed by atoms with van der Waals surface area (Å²) in [6.45, 7) is 0.507. The first-order valence-electron chi connectivity index (χ1n) is 6.27. The van der Waals surface area contributed by atoms with Gasteiger partial charge < -0.3 is 15.6 Å². The van der Waals surface area contributed by atoms with Crippen LogP contribution in [0.25, 0.3) is 0 Å². The molecule has 0 radical (unpaired) electrons. The fourth-order valence-electron chi connectivity index (χ4n) is 1.82. The van der Waals surface area contributed by atoms with Crippen LogP contribution in [-0.2, 0) is 13.0 Å². The molecule has 1 aromatic heterocycles. The molecular formula is C15H16N2O2S. The lowest BCUT2D eigenvalue weighted by atomic mass is 10.1. The highest BCUT2D eigenvalue weighted by Crippen LogP contribution is 2.15. The minimum absolute atomic E-state index is 0.146. The molecule has 2 aromatic rings. The maximum absolute atomic E-state index is 8.86. The lowest BCUT2D eigenvalue weighted by Crippen LogP contribution is -2.15. The number of aromatic nitrogens is 1. The van der Waals surface area contributed by atoms with E-state index in [0.717, 1.165) is 16.9 Å². The molecule has 3 N–H and O–H groups in total. The number of hydrogen-bond acceptors (Lipinski definition) is 4. The molecule has 0 aliphatic carbocycles. The van der Waals surface area contributed by atoms with Crippen molar-refractivity contribution in [2.75, 3.05) is 6.61 Å². The van der Waals surface area contributed by atoms with E-state index in [1.54, 1.807) is 6.20 Å². The molecule has 104 valence electrons. The van der Waals surface area contributed by atoms with Crippen LogP contribution < -0.4 is 10.5 Å². The van der Waals surface area contributed by atoms with Gasteiger partial charge in [-0.25, -0.2) is 0 Å². The first kappa shape index (κ1) is 14.4. The summed E-state index contributed by atoms with van der Waals surface area (Å²) in [6.07, 6.45) is 2.30. The van der Waals surface area contributed by atoms with E-state index in [2.05, 4.69) is 4.98 Å². The van der Waals surface area contributed by atoms with Crippen molar-refractivity contribution in [1.82, 2.24) is 4.98 Å². The van der Waals surface area contributed by atoms with E-state index < -0.39 is 0 Å². The third-order valence-electron chi connectivity index (χ3n) is 2.84. The number of rotatable bonds is 6. The molecule has 20 heavy (non-hydrogen) atoms. The molecular weight excluding hydrogens is 272 g/mol. The molecule has 0 amide bonds. The smallest absolute Gasteiger partial charge is 0.123 e. The molecule has 5 heteroatoms. The van der Waals surface area contributed by atoms with Crippen LogP contribution in [0.2, 0.25) is 0 Å². The number of thiocarbonyl (C=S) groups is 1. The normalized spacial score (nSPS) is 10.2. The van der Waals surface area contributed by atoms with Gasteiger partial charge in [-0.2, -0.15) is 0 Å². The predicted molar refractivity (Wildman–Crippen MR) is 81.7 cm³/mol. The Labute approximate surface area is 123 Å². The Bertz CT molecular complexity index is 585. The van der Waals surface area contributed by atoms with Crippen molar-refractivity contribution >= 4 is 17.2 Å². The van der Waals surface area contributed by atoms with Gasteiger partial charge in [-0.1, -0.05) is 30.4 Å². The fraction of sp³-hybridized carbons (Fsp3) is 0.200. The zero-order chi connectivity index (χ0) is 14.4. The molecule has 0 bridgehead atoms. The third-order valence-corrected chi connectivity index (χ3v) is 3.04. The molecule has 2 rings (SSSR count). The number of benzene rings is 1. The highest BCUT2D eigenvalue weighted by Gasteiger charge is 2.06. The molecule has 1 aromatic carbocycles. The van der Waals surface area contributed by atoms with E-state index in [4.69, 9.17) is 27.8 Å². The van der Waals surface area contributed by atoms with Crippen LogP contribution in [0.1, 0.15) is 16.8 Å². The van der Waals surface area contributed by atoms with E-state index in [-0.39, 0.29) is 11.6 Å². The van der Waals surface area contributed by atoms with E-state index in [9.17, 15) is 0 Å². The van der Waals surface area contributed by atoms with Gasteiger partial charge in [0.05, 0.1) is 0 Å². The summed E-state index contributed by atoms with van der Waals surface area (Å²) >= 11 is 4.96. The van der Waals surface area contributed by atoms with Crippen LogP contribution >= 0.6 is 12.2 Å². The number of hydrogen-bond donors (Lipinski definition) is 2. The number of ether oxygens (including phenoxy) is 1. The van der Waals surface area contributed by atoms with Gasteiger partial charge in [0.15, 0.2) is 0 Å². The molecule has 0 unspecified atom stereocenters. The topological polar surface area (TPSA) is 68.4 Å². The van der Waals surface area contributed by atoms with Crippen molar-refractivity contribution < 1.29 is 9.84 Å². The zero-order valence-electron chi connectivity index (χ0n) is 11.0. The van der Waals surface area contributed by atoms with Crippen molar-refractivity contribution in [3.05, 3.63) is 59.4 Å². The van der Waals surface area contributed by atoms with Crippen LogP contribution in [0.4, 0.5) is 0 Å². The number of pyridine rings is 1. The Morgan fingerprint density at radius 2 is 2.00 bits per heavy atom. The molecule has 0 spiro atoms. The summed E-state index contributed by atoms with van der Waals surface area (Å²) in [5, 5.41) is 8.86. The quantitative estimate of drug-likeness (QED) is 0.794. The first-order chi connectivity index (χ1) is 9.70. The minimum atomic E-state index is 0.146. The molecule has 4 nitrogen and oxygen atoms in total. The Balaban J connectivity index is 2.03. The number of aliphatic hydroxyl groups is 1. The summed E-state index contributed by atoms with van der Waals surface area (Å²) in [4.78, 5) is 4.42. The molecule has 0 fully saturated rings. The highest BCUT2D eigenvalue weighted by molar-refractivity contribution is 7.80. The molecule has 0 aliphatic heterocycles. The van der Waals surface area contributed by atoms with Gasteiger partial charge in [0, 0.05) is 18.4 Å². The summed E-state index contributed by atoms with van der Waals surface area (Å²) in [5.74, 6) is 0.754. The summed E-state index contributed by atoms with van der Waals surface area (Å²) < 4.78 is 5.70. The van der Waals surface area contributed by atoms with Crippen LogP contribution in [0, 0.1) is 0 Å². The SMILES string of the molecule is NC(=S)c1ncccc1COc1ccc(CCO)cc1. The number of nitrogens with two attached hydrogens (primary N) is 1. The lowest BCUT2D eigenvalue weighted by molar-refractivity contribution is 0.298. The van der Waals surface area contributed by atoms with E-state index >= 15 is 0 Å². The Kier molecular flexibility index (Phi) is 5.03. The third kappa shape index (κ3) is 3.76. The monoisotopic (exact) mass is 288 g/mol. The molecule has 0 aliphatic rings. The second-order valence-electron chi connectivity index (χ2n) is 4.28. The maximum atomic E-state index is 8.86. The lowest BCUT2D eigenvalue weighted by Gasteiger charge is -2.09. The van der Waals surface area contributed by atoms with Crippen LogP contribution in [0.3, 0.4) is 0 Å². The van der Waals surface area contributed by atoms with E-state index in [1.165, 1.54) is 0 Å². The highest BCUT2D eigenvalue weighted by atomic mass is 32.1. The molecule has 0 saturated heterocycles. The molecule has 0 atom stereocenters. The minimum Gasteiger partial charge on any atom is -0.489 e. The summed E-state index contributed by atoms with van der Waals surface area (Å²) in [7, 11) is 0. The predicted octanol–water partition coefficient (Wildman–Crippen LogP) is 1.83. The van der Waals surface area contributed by atoms with Gasteiger partial charge in [0.25, 0.3) is 0 Å². The average molecular weight is 288 g/mol. The van der Waals surface area contributed by atoms with Crippen LogP contribution in [0.5, 0.6) is 5.75 Å². The molecule has 1 heterocycles. The standard InChI is InChI=1S/C15H16N2O2S/c16-15(20)14-12(2-1-8-17-14)10-19-13-5-3-11(4-6-13)7-9-18/h1-6,8,18H,7,9-10H2,(H2,16,20). The second-order valence-corrected chi connectivity index (χ2v) is 4.72. The summed E-state index contributed by atoms with van der Waals surface area (Å²) in [5.41, 5.74) is 8.16. The van der Waals surface area contributed by atoms with Crippen molar-refractivity contribution in [3.8, 4) is 5.75 Å². The van der Waals surface area contributed by atoms with Gasteiger partial charge in [-0.15, -0.1) is 0 Å². The van der Waals surface area contributed by atoms with Gasteiger partial charge in [-0.3, -0.25) is 4.98 Å². The Hall–Kier alpha value is -1.98. The molecule has 0 saturated carbocycles. The van der Waals surface area contributed by atoms with Crippen molar-refractivity contribution in [1.29, 1.82) is 0 Å². The van der Waals surface area contributed by atoms with Crippen molar-refractivity contribution in [2.24, 2.45) is 5.73 Å². The van der Waals surface area contributed by atoms with Gasteiger partial charge in [0.2, 0.25) is 0 Å². The first-order valence-corrected chi connectivity index (χ1v) is 6.68. The van der Waals surface area contributed by atoms with Crippen molar-refractivity contribution in [3.63, 3.8) is 0 Å². The maximum Gasteiger partial charge on any atom is 0.123 e. The van der Waals surface area contributed by atoms with E-state index in [0.29, 0.717) is 18.7 Å². The zero-order valence-corrected chi connectivity index (χ0v) is 11.8. The van der Waals surface area contributed by atoms with Gasteiger partial charge in [0.1, 0.15) is 23.0 Å².